The molecule has 2 aliphatic heterocycles. The zero-order chi connectivity index (χ0) is 12.4. The highest BCUT2D eigenvalue weighted by atomic mass is 16.3. The Hall–Kier alpha value is -0.610. The Morgan fingerprint density at radius 2 is 1.94 bits per heavy atom. The van der Waals surface area contributed by atoms with Gasteiger partial charge in [0.25, 0.3) is 0 Å². The Morgan fingerprint density at radius 1 is 1.29 bits per heavy atom. The van der Waals surface area contributed by atoms with Gasteiger partial charge in [-0.2, -0.15) is 0 Å². The number of aliphatic hydroxyl groups is 1. The van der Waals surface area contributed by atoms with E-state index in [4.69, 9.17) is 0 Å². The third-order valence-corrected chi connectivity index (χ3v) is 4.21. The summed E-state index contributed by atoms with van der Waals surface area (Å²) in [7, 11) is 0. The van der Waals surface area contributed by atoms with Crippen LogP contribution in [0.15, 0.2) is 0 Å². The van der Waals surface area contributed by atoms with Crippen molar-refractivity contribution < 1.29 is 9.90 Å². The zero-order valence-electron chi connectivity index (χ0n) is 10.9. The van der Waals surface area contributed by atoms with Gasteiger partial charge < -0.3 is 10.0 Å². The average molecular weight is 240 g/mol. The largest absolute Gasteiger partial charge is 0.393 e. The van der Waals surface area contributed by atoms with Crippen LogP contribution >= 0.6 is 0 Å². The summed E-state index contributed by atoms with van der Waals surface area (Å²) >= 11 is 0. The monoisotopic (exact) mass is 240 g/mol. The minimum absolute atomic E-state index is 0.0250. The van der Waals surface area contributed by atoms with Gasteiger partial charge in [0.1, 0.15) is 0 Å². The molecule has 2 fully saturated rings. The van der Waals surface area contributed by atoms with Crippen LogP contribution in [0.3, 0.4) is 0 Å². The standard InChI is InChI=1S/C13H24N2O2/c1-10-9-15(8-5-12(10)16)11(2)13(17)14-6-3-4-7-14/h10-12,16H,3-9H2,1-2H3. The lowest BCUT2D eigenvalue weighted by atomic mass is 9.95. The Morgan fingerprint density at radius 3 is 2.53 bits per heavy atom. The summed E-state index contributed by atoms with van der Waals surface area (Å²) in [5, 5.41) is 9.71. The fourth-order valence-electron chi connectivity index (χ4n) is 2.88. The van der Waals surface area contributed by atoms with E-state index in [1.165, 1.54) is 0 Å². The van der Waals surface area contributed by atoms with Crippen LogP contribution in [0.2, 0.25) is 0 Å². The lowest BCUT2D eigenvalue weighted by molar-refractivity contribution is -0.136. The number of rotatable bonds is 2. The van der Waals surface area contributed by atoms with Crippen molar-refractivity contribution in [2.75, 3.05) is 26.2 Å². The van der Waals surface area contributed by atoms with Gasteiger partial charge in [-0.25, -0.2) is 0 Å². The summed E-state index contributed by atoms with van der Waals surface area (Å²) < 4.78 is 0. The Kier molecular flexibility index (Phi) is 4.05. The SMILES string of the molecule is CC1CN(C(C)C(=O)N2CCCC2)CCC1O. The van der Waals surface area contributed by atoms with E-state index in [0.717, 1.165) is 45.4 Å². The van der Waals surface area contributed by atoms with Gasteiger partial charge in [0.05, 0.1) is 12.1 Å². The number of aliphatic hydroxyl groups excluding tert-OH is 1. The maximum Gasteiger partial charge on any atom is 0.239 e. The molecule has 0 bridgehead atoms. The number of carbonyl (C=O) groups excluding carboxylic acids is 1. The van der Waals surface area contributed by atoms with Crippen molar-refractivity contribution >= 4 is 5.91 Å². The van der Waals surface area contributed by atoms with Gasteiger partial charge in [0, 0.05) is 26.2 Å². The van der Waals surface area contributed by atoms with Gasteiger partial charge in [0.15, 0.2) is 0 Å². The van der Waals surface area contributed by atoms with E-state index in [-0.39, 0.29) is 24.0 Å². The lowest BCUT2D eigenvalue weighted by Gasteiger charge is -2.38. The van der Waals surface area contributed by atoms with Gasteiger partial charge in [-0.1, -0.05) is 6.92 Å². The maximum atomic E-state index is 12.3. The number of likely N-dealkylation sites (tertiary alicyclic amines) is 2. The van der Waals surface area contributed by atoms with E-state index >= 15 is 0 Å². The van der Waals surface area contributed by atoms with Crippen molar-refractivity contribution in [2.45, 2.75) is 45.3 Å². The molecule has 2 rings (SSSR count). The molecule has 0 radical (unpaired) electrons. The van der Waals surface area contributed by atoms with E-state index in [0.29, 0.717) is 0 Å². The highest BCUT2D eigenvalue weighted by molar-refractivity contribution is 5.81. The number of hydrogen-bond acceptors (Lipinski definition) is 3. The van der Waals surface area contributed by atoms with E-state index in [2.05, 4.69) is 11.8 Å². The molecule has 0 aromatic rings. The quantitative estimate of drug-likeness (QED) is 0.773. The van der Waals surface area contributed by atoms with Crippen molar-refractivity contribution in [1.29, 1.82) is 0 Å². The Bertz CT molecular complexity index is 277. The van der Waals surface area contributed by atoms with Crippen LogP contribution in [-0.4, -0.2) is 59.1 Å². The van der Waals surface area contributed by atoms with Crippen LogP contribution in [0.4, 0.5) is 0 Å². The minimum Gasteiger partial charge on any atom is -0.393 e. The molecule has 0 saturated carbocycles. The molecule has 0 aromatic carbocycles. The third kappa shape index (κ3) is 2.80. The number of amides is 1. The lowest BCUT2D eigenvalue weighted by Crippen LogP contribution is -2.52. The van der Waals surface area contributed by atoms with E-state index in [1.807, 2.05) is 11.8 Å². The number of hydrogen-bond donors (Lipinski definition) is 1. The van der Waals surface area contributed by atoms with Crippen LogP contribution in [0.5, 0.6) is 0 Å². The van der Waals surface area contributed by atoms with Gasteiger partial charge >= 0.3 is 0 Å². The topological polar surface area (TPSA) is 43.8 Å². The van der Waals surface area contributed by atoms with Gasteiger partial charge in [0.2, 0.25) is 5.91 Å². The highest BCUT2D eigenvalue weighted by Gasteiger charge is 2.32. The second kappa shape index (κ2) is 5.36. The number of carbonyl (C=O) groups is 1. The van der Waals surface area contributed by atoms with Crippen LogP contribution in [0, 0.1) is 5.92 Å². The number of nitrogens with zero attached hydrogens (tertiary/aromatic N) is 2. The molecule has 2 saturated heterocycles. The van der Waals surface area contributed by atoms with E-state index in [1.54, 1.807) is 0 Å². The minimum atomic E-state index is -0.194. The van der Waals surface area contributed by atoms with Crippen molar-refractivity contribution in [3.8, 4) is 0 Å². The second-order valence-electron chi connectivity index (χ2n) is 5.54. The predicted octanol–water partition coefficient (Wildman–Crippen LogP) is 0.700. The smallest absolute Gasteiger partial charge is 0.239 e. The normalized spacial score (nSPS) is 32.8. The third-order valence-electron chi connectivity index (χ3n) is 4.21. The molecule has 1 N–H and O–H groups in total. The molecule has 1 amide bonds. The van der Waals surface area contributed by atoms with Crippen LogP contribution < -0.4 is 0 Å². The second-order valence-corrected chi connectivity index (χ2v) is 5.54. The maximum absolute atomic E-state index is 12.3. The highest BCUT2D eigenvalue weighted by Crippen LogP contribution is 2.20. The molecule has 0 aliphatic carbocycles. The molecule has 4 nitrogen and oxygen atoms in total. The van der Waals surface area contributed by atoms with Gasteiger partial charge in [-0.05, 0) is 32.1 Å². The first kappa shape index (κ1) is 12.8. The molecule has 98 valence electrons. The summed E-state index contributed by atoms with van der Waals surface area (Å²) in [6, 6.07) is -0.0250. The molecule has 17 heavy (non-hydrogen) atoms. The Labute approximate surface area is 104 Å². The van der Waals surface area contributed by atoms with Crippen LogP contribution in [0.1, 0.15) is 33.1 Å². The molecular formula is C13H24N2O2. The first-order valence-electron chi connectivity index (χ1n) is 6.80. The van der Waals surface area contributed by atoms with E-state index < -0.39 is 0 Å². The molecule has 2 aliphatic rings. The first-order chi connectivity index (χ1) is 8.09. The van der Waals surface area contributed by atoms with E-state index in [9.17, 15) is 9.90 Å². The Balaban J connectivity index is 1.90. The fraction of sp³-hybridized carbons (Fsp3) is 0.923. The summed E-state index contributed by atoms with van der Waals surface area (Å²) in [5.41, 5.74) is 0. The van der Waals surface area contributed by atoms with Crippen LogP contribution in [0.25, 0.3) is 0 Å². The molecule has 0 aromatic heterocycles. The fourth-order valence-corrected chi connectivity index (χ4v) is 2.88. The van der Waals surface area contributed by atoms with Gasteiger partial charge in [-0.15, -0.1) is 0 Å². The molecule has 2 heterocycles. The zero-order valence-corrected chi connectivity index (χ0v) is 10.9. The van der Waals surface area contributed by atoms with Crippen molar-refractivity contribution in [3.63, 3.8) is 0 Å². The molecule has 0 spiro atoms. The predicted molar refractivity (Wildman–Crippen MR) is 66.6 cm³/mol. The first-order valence-corrected chi connectivity index (χ1v) is 6.80. The van der Waals surface area contributed by atoms with Crippen molar-refractivity contribution in [2.24, 2.45) is 5.92 Å². The molecule has 4 heteroatoms. The van der Waals surface area contributed by atoms with Crippen molar-refractivity contribution in [3.05, 3.63) is 0 Å². The van der Waals surface area contributed by atoms with Crippen molar-refractivity contribution in [1.82, 2.24) is 9.80 Å². The summed E-state index contributed by atoms with van der Waals surface area (Å²) in [5.74, 6) is 0.545. The average Bonchev–Trinajstić information content (AvgIpc) is 2.84. The summed E-state index contributed by atoms with van der Waals surface area (Å²) in [4.78, 5) is 16.5. The molecule has 3 atom stereocenters. The summed E-state index contributed by atoms with van der Waals surface area (Å²) in [6.45, 7) is 7.59. The summed E-state index contributed by atoms with van der Waals surface area (Å²) in [6.07, 6.45) is 2.89. The van der Waals surface area contributed by atoms with Gasteiger partial charge in [-0.3, -0.25) is 9.69 Å². The number of piperidine rings is 1. The molecular weight excluding hydrogens is 216 g/mol. The molecule has 3 unspecified atom stereocenters. The van der Waals surface area contributed by atoms with Crippen LogP contribution in [-0.2, 0) is 4.79 Å².